The van der Waals surface area contributed by atoms with Gasteiger partial charge in [-0.3, -0.25) is 4.79 Å². The van der Waals surface area contributed by atoms with Gasteiger partial charge in [0.15, 0.2) is 0 Å². The SMILES string of the molecule is CNCC1CCN(C(=O)c2cnn(-c3ccccc3)c2C2CC2)C1.Cl. The van der Waals surface area contributed by atoms with Gasteiger partial charge in [-0.2, -0.15) is 5.10 Å². The van der Waals surface area contributed by atoms with Gasteiger partial charge in [0, 0.05) is 19.0 Å². The van der Waals surface area contributed by atoms with E-state index in [0.29, 0.717) is 11.8 Å². The Morgan fingerprint density at radius 3 is 2.68 bits per heavy atom. The molecule has 5 nitrogen and oxygen atoms in total. The summed E-state index contributed by atoms with van der Waals surface area (Å²) < 4.78 is 1.96. The van der Waals surface area contributed by atoms with Crippen LogP contribution in [0.25, 0.3) is 5.69 Å². The average molecular weight is 361 g/mol. The quantitative estimate of drug-likeness (QED) is 0.892. The molecular formula is C19H25ClN4O. The van der Waals surface area contributed by atoms with Gasteiger partial charge >= 0.3 is 0 Å². The molecule has 25 heavy (non-hydrogen) atoms. The fourth-order valence-electron chi connectivity index (χ4n) is 3.69. The highest BCUT2D eigenvalue weighted by Crippen LogP contribution is 2.42. The molecule has 0 spiro atoms. The van der Waals surface area contributed by atoms with Gasteiger partial charge in [-0.25, -0.2) is 4.68 Å². The molecule has 2 aliphatic rings. The van der Waals surface area contributed by atoms with Crippen molar-refractivity contribution in [2.75, 3.05) is 26.7 Å². The average Bonchev–Trinajstić information content (AvgIpc) is 3.18. The zero-order valence-electron chi connectivity index (χ0n) is 14.5. The molecule has 1 aliphatic heterocycles. The van der Waals surface area contributed by atoms with Crippen LogP contribution in [0.15, 0.2) is 36.5 Å². The van der Waals surface area contributed by atoms with Crippen LogP contribution in [-0.4, -0.2) is 47.3 Å². The summed E-state index contributed by atoms with van der Waals surface area (Å²) in [5.74, 6) is 1.19. The number of hydrogen-bond acceptors (Lipinski definition) is 3. The Kier molecular flexibility index (Phi) is 5.45. The number of para-hydroxylation sites is 1. The molecule has 0 radical (unpaired) electrons. The molecule has 1 atom stereocenters. The van der Waals surface area contributed by atoms with E-state index >= 15 is 0 Å². The van der Waals surface area contributed by atoms with Crippen LogP contribution in [0, 0.1) is 5.92 Å². The number of likely N-dealkylation sites (tertiary alicyclic amines) is 1. The Hall–Kier alpha value is -1.85. The number of halogens is 1. The summed E-state index contributed by atoms with van der Waals surface area (Å²) in [7, 11) is 1.97. The summed E-state index contributed by atoms with van der Waals surface area (Å²) in [4.78, 5) is 15.0. The Balaban J connectivity index is 0.00000182. The third-order valence-electron chi connectivity index (χ3n) is 5.07. The number of carbonyl (C=O) groups excluding carboxylic acids is 1. The largest absolute Gasteiger partial charge is 0.338 e. The highest BCUT2D eigenvalue weighted by molar-refractivity contribution is 5.95. The molecule has 4 rings (SSSR count). The van der Waals surface area contributed by atoms with Crippen molar-refractivity contribution >= 4 is 18.3 Å². The minimum absolute atomic E-state index is 0. The standard InChI is InChI=1S/C19H24N4O.ClH/c1-20-11-14-9-10-22(13-14)19(24)17-12-21-23(18(17)15-7-8-15)16-5-3-2-4-6-16;/h2-6,12,14-15,20H,7-11,13H2,1H3;1H. The first-order chi connectivity index (χ1) is 11.8. The van der Waals surface area contributed by atoms with Gasteiger partial charge < -0.3 is 10.2 Å². The van der Waals surface area contributed by atoms with E-state index in [-0.39, 0.29) is 18.3 Å². The minimum atomic E-state index is 0. The van der Waals surface area contributed by atoms with Crippen molar-refractivity contribution in [3.8, 4) is 5.69 Å². The second-order valence-electron chi connectivity index (χ2n) is 6.93. The monoisotopic (exact) mass is 360 g/mol. The number of amides is 1. The molecule has 1 unspecified atom stereocenters. The molecule has 1 aromatic heterocycles. The number of nitrogens with one attached hydrogen (secondary N) is 1. The van der Waals surface area contributed by atoms with E-state index in [4.69, 9.17) is 0 Å². The van der Waals surface area contributed by atoms with Crippen LogP contribution in [0.5, 0.6) is 0 Å². The summed E-state index contributed by atoms with van der Waals surface area (Å²) in [6.45, 7) is 2.68. The van der Waals surface area contributed by atoms with Gasteiger partial charge in [0.1, 0.15) is 0 Å². The molecule has 1 aliphatic carbocycles. The van der Waals surface area contributed by atoms with Crippen LogP contribution in [0.3, 0.4) is 0 Å². The third-order valence-corrected chi connectivity index (χ3v) is 5.07. The van der Waals surface area contributed by atoms with Gasteiger partial charge in [-0.15, -0.1) is 12.4 Å². The van der Waals surface area contributed by atoms with E-state index in [2.05, 4.69) is 10.4 Å². The highest BCUT2D eigenvalue weighted by atomic mass is 35.5. The molecule has 2 fully saturated rings. The summed E-state index contributed by atoms with van der Waals surface area (Å²) in [6.07, 6.45) is 5.16. The zero-order valence-corrected chi connectivity index (χ0v) is 15.3. The van der Waals surface area contributed by atoms with E-state index in [1.807, 2.05) is 47.0 Å². The first-order valence-corrected chi connectivity index (χ1v) is 8.85. The van der Waals surface area contributed by atoms with Crippen molar-refractivity contribution in [1.29, 1.82) is 0 Å². The first kappa shape index (κ1) is 18.0. The summed E-state index contributed by atoms with van der Waals surface area (Å²) in [5.41, 5.74) is 2.93. The second-order valence-corrected chi connectivity index (χ2v) is 6.93. The van der Waals surface area contributed by atoms with Crippen molar-refractivity contribution in [3.05, 3.63) is 47.8 Å². The van der Waals surface area contributed by atoms with Gasteiger partial charge in [0.05, 0.1) is 23.1 Å². The van der Waals surface area contributed by atoms with Crippen molar-refractivity contribution in [3.63, 3.8) is 0 Å². The minimum Gasteiger partial charge on any atom is -0.338 e. The maximum atomic E-state index is 13.0. The van der Waals surface area contributed by atoms with Crippen LogP contribution < -0.4 is 5.32 Å². The molecule has 2 aromatic rings. The van der Waals surface area contributed by atoms with Crippen molar-refractivity contribution < 1.29 is 4.79 Å². The van der Waals surface area contributed by atoms with Crippen LogP contribution in [-0.2, 0) is 0 Å². The normalized spacial score (nSPS) is 19.7. The number of aromatic nitrogens is 2. The first-order valence-electron chi connectivity index (χ1n) is 8.85. The Morgan fingerprint density at radius 2 is 2.00 bits per heavy atom. The fraction of sp³-hybridized carbons (Fsp3) is 0.474. The number of hydrogen-bond donors (Lipinski definition) is 1. The molecule has 1 amide bonds. The molecule has 2 heterocycles. The van der Waals surface area contributed by atoms with E-state index in [1.54, 1.807) is 6.20 Å². The number of rotatable bonds is 5. The zero-order chi connectivity index (χ0) is 16.5. The lowest BCUT2D eigenvalue weighted by Crippen LogP contribution is -2.30. The number of carbonyl (C=O) groups is 1. The molecule has 6 heteroatoms. The maximum absolute atomic E-state index is 13.0. The number of nitrogens with zero attached hydrogens (tertiary/aromatic N) is 3. The predicted octanol–water partition coefficient (Wildman–Crippen LogP) is 2.85. The third kappa shape index (κ3) is 3.58. The van der Waals surface area contributed by atoms with Crippen molar-refractivity contribution in [1.82, 2.24) is 20.0 Å². The Labute approximate surface area is 154 Å². The lowest BCUT2D eigenvalue weighted by Gasteiger charge is -2.17. The van der Waals surface area contributed by atoms with E-state index in [9.17, 15) is 4.79 Å². The van der Waals surface area contributed by atoms with Crippen LogP contribution in [0.2, 0.25) is 0 Å². The van der Waals surface area contributed by atoms with Gasteiger partial charge in [-0.05, 0) is 50.9 Å². The topological polar surface area (TPSA) is 50.2 Å². The van der Waals surface area contributed by atoms with Gasteiger partial charge in [-0.1, -0.05) is 18.2 Å². The highest BCUT2D eigenvalue weighted by Gasteiger charge is 2.35. The molecule has 134 valence electrons. The number of benzene rings is 1. The van der Waals surface area contributed by atoms with Crippen molar-refractivity contribution in [2.24, 2.45) is 5.92 Å². The molecule has 0 bridgehead atoms. The van der Waals surface area contributed by atoms with E-state index in [1.165, 1.54) is 0 Å². The predicted molar refractivity (Wildman–Crippen MR) is 101 cm³/mol. The van der Waals surface area contributed by atoms with Gasteiger partial charge in [0.25, 0.3) is 5.91 Å². The molecule has 1 N–H and O–H groups in total. The lowest BCUT2D eigenvalue weighted by molar-refractivity contribution is 0.0786. The fourth-order valence-corrected chi connectivity index (χ4v) is 3.69. The smallest absolute Gasteiger partial charge is 0.257 e. The summed E-state index contributed by atoms with van der Waals surface area (Å²) >= 11 is 0. The van der Waals surface area contributed by atoms with Crippen LogP contribution in [0.4, 0.5) is 0 Å². The molecular weight excluding hydrogens is 336 g/mol. The second kappa shape index (κ2) is 7.58. The Bertz CT molecular complexity index is 726. The van der Waals surface area contributed by atoms with Crippen LogP contribution >= 0.6 is 12.4 Å². The van der Waals surface area contributed by atoms with E-state index in [0.717, 1.165) is 55.8 Å². The summed E-state index contributed by atoms with van der Waals surface area (Å²) in [6, 6.07) is 10.1. The lowest BCUT2D eigenvalue weighted by atomic mass is 10.1. The van der Waals surface area contributed by atoms with Crippen LogP contribution in [0.1, 0.15) is 41.2 Å². The van der Waals surface area contributed by atoms with Crippen molar-refractivity contribution in [2.45, 2.75) is 25.2 Å². The summed E-state index contributed by atoms with van der Waals surface area (Å²) in [5, 5.41) is 7.77. The maximum Gasteiger partial charge on any atom is 0.257 e. The molecule has 1 saturated heterocycles. The molecule has 1 saturated carbocycles. The Morgan fingerprint density at radius 1 is 1.24 bits per heavy atom. The van der Waals surface area contributed by atoms with Gasteiger partial charge in [0.2, 0.25) is 0 Å². The molecule has 1 aromatic carbocycles. The van der Waals surface area contributed by atoms with E-state index < -0.39 is 0 Å².